The van der Waals surface area contributed by atoms with Gasteiger partial charge in [0.05, 0.1) is 0 Å². The van der Waals surface area contributed by atoms with Crippen LogP contribution >= 0.6 is 22.6 Å². The zero-order valence-corrected chi connectivity index (χ0v) is 14.8. The molecule has 3 aromatic rings. The molecule has 0 bridgehead atoms. The van der Waals surface area contributed by atoms with E-state index < -0.39 is 17.9 Å². The fourth-order valence-corrected chi connectivity index (χ4v) is 2.92. The standard InChI is InChI=1S/C18H15IN2O3/c19-13-7-5-11(6-8-13)17(22)21-16(18(23)24)9-12-10-20-15-4-2-1-3-14(12)15/h1-8,10,16,20H,9H2,(H,21,22)(H,23,24)/t16-/m0/s1. The van der Waals surface area contributed by atoms with Gasteiger partial charge in [-0.05, 0) is 58.5 Å². The van der Waals surface area contributed by atoms with Gasteiger partial charge in [0.15, 0.2) is 0 Å². The van der Waals surface area contributed by atoms with Crippen LogP contribution in [-0.2, 0) is 11.2 Å². The number of nitrogens with one attached hydrogen (secondary N) is 2. The van der Waals surface area contributed by atoms with E-state index in [1.807, 2.05) is 36.4 Å². The molecule has 0 aliphatic heterocycles. The molecule has 24 heavy (non-hydrogen) atoms. The summed E-state index contributed by atoms with van der Waals surface area (Å²) in [5.41, 5.74) is 2.25. The third-order valence-electron chi connectivity index (χ3n) is 3.81. The van der Waals surface area contributed by atoms with Crippen molar-refractivity contribution in [3.05, 3.63) is 69.4 Å². The minimum atomic E-state index is -1.06. The molecular formula is C18H15IN2O3. The van der Waals surface area contributed by atoms with Gasteiger partial charge < -0.3 is 15.4 Å². The van der Waals surface area contributed by atoms with Crippen molar-refractivity contribution < 1.29 is 14.7 Å². The maximum absolute atomic E-state index is 12.3. The van der Waals surface area contributed by atoms with Crippen molar-refractivity contribution in [1.82, 2.24) is 10.3 Å². The second kappa shape index (κ2) is 7.04. The van der Waals surface area contributed by atoms with Crippen molar-refractivity contribution in [3.8, 4) is 0 Å². The van der Waals surface area contributed by atoms with Crippen molar-refractivity contribution >= 4 is 45.4 Å². The van der Waals surface area contributed by atoms with E-state index >= 15 is 0 Å². The molecule has 6 heteroatoms. The normalized spacial score (nSPS) is 12.0. The highest BCUT2D eigenvalue weighted by molar-refractivity contribution is 14.1. The van der Waals surface area contributed by atoms with Gasteiger partial charge in [-0.25, -0.2) is 4.79 Å². The third kappa shape index (κ3) is 3.59. The number of halogens is 1. The average Bonchev–Trinajstić information content (AvgIpc) is 2.98. The number of para-hydroxylation sites is 1. The Bertz CT molecular complexity index is 887. The van der Waals surface area contributed by atoms with Crippen molar-refractivity contribution in [2.75, 3.05) is 0 Å². The molecule has 0 unspecified atom stereocenters. The number of aliphatic carboxylic acids is 1. The number of carbonyl (C=O) groups is 2. The Labute approximate surface area is 152 Å². The molecule has 0 fully saturated rings. The van der Waals surface area contributed by atoms with E-state index in [4.69, 9.17) is 0 Å². The van der Waals surface area contributed by atoms with E-state index in [-0.39, 0.29) is 6.42 Å². The molecular weight excluding hydrogens is 419 g/mol. The van der Waals surface area contributed by atoms with Gasteiger partial charge in [0.25, 0.3) is 5.91 Å². The lowest BCUT2D eigenvalue weighted by molar-refractivity contribution is -0.139. The quantitative estimate of drug-likeness (QED) is 0.540. The number of hydrogen-bond donors (Lipinski definition) is 3. The monoisotopic (exact) mass is 434 g/mol. The van der Waals surface area contributed by atoms with Crippen LogP contribution in [0, 0.1) is 3.57 Å². The van der Waals surface area contributed by atoms with E-state index in [9.17, 15) is 14.7 Å². The second-order valence-corrected chi connectivity index (χ2v) is 6.68. The first kappa shape index (κ1) is 16.5. The lowest BCUT2D eigenvalue weighted by Gasteiger charge is -2.14. The minimum absolute atomic E-state index is 0.218. The Hall–Kier alpha value is -2.35. The van der Waals surface area contributed by atoms with Crippen molar-refractivity contribution in [2.45, 2.75) is 12.5 Å². The van der Waals surface area contributed by atoms with Gasteiger partial charge in [-0.1, -0.05) is 18.2 Å². The molecule has 0 aliphatic rings. The topological polar surface area (TPSA) is 82.2 Å². The Morgan fingerprint density at radius 3 is 2.54 bits per heavy atom. The fraction of sp³-hybridized carbons (Fsp3) is 0.111. The summed E-state index contributed by atoms with van der Waals surface area (Å²) in [6.45, 7) is 0. The number of carboxylic acids is 1. The first-order valence-electron chi connectivity index (χ1n) is 7.39. The van der Waals surface area contributed by atoms with Crippen LogP contribution in [0.2, 0.25) is 0 Å². The molecule has 0 spiro atoms. The molecule has 1 aromatic heterocycles. The molecule has 0 saturated carbocycles. The molecule has 1 atom stereocenters. The van der Waals surface area contributed by atoms with Crippen LogP contribution in [0.15, 0.2) is 54.7 Å². The molecule has 5 nitrogen and oxygen atoms in total. The second-order valence-electron chi connectivity index (χ2n) is 5.43. The van der Waals surface area contributed by atoms with Gasteiger partial charge >= 0.3 is 5.97 Å². The predicted octanol–water partition coefficient (Wildman–Crippen LogP) is 3.20. The number of fused-ring (bicyclic) bond motifs is 1. The van der Waals surface area contributed by atoms with Gasteiger partial charge in [-0.15, -0.1) is 0 Å². The first-order valence-corrected chi connectivity index (χ1v) is 8.46. The lowest BCUT2D eigenvalue weighted by Crippen LogP contribution is -2.42. The summed E-state index contributed by atoms with van der Waals surface area (Å²) in [7, 11) is 0. The number of carboxylic acid groups (broad SMARTS) is 1. The highest BCUT2D eigenvalue weighted by atomic mass is 127. The Morgan fingerprint density at radius 2 is 1.83 bits per heavy atom. The highest BCUT2D eigenvalue weighted by Gasteiger charge is 2.22. The number of carbonyl (C=O) groups excluding carboxylic acids is 1. The summed E-state index contributed by atoms with van der Waals surface area (Å²) in [5, 5.41) is 13.0. The molecule has 3 rings (SSSR count). The number of aromatic nitrogens is 1. The number of hydrogen-bond acceptors (Lipinski definition) is 2. The maximum Gasteiger partial charge on any atom is 0.326 e. The highest BCUT2D eigenvalue weighted by Crippen LogP contribution is 2.19. The summed E-state index contributed by atoms with van der Waals surface area (Å²) >= 11 is 2.15. The Balaban J connectivity index is 1.79. The van der Waals surface area contributed by atoms with E-state index in [0.717, 1.165) is 20.0 Å². The zero-order chi connectivity index (χ0) is 17.1. The van der Waals surface area contributed by atoms with Crippen LogP contribution in [0.5, 0.6) is 0 Å². The fourth-order valence-electron chi connectivity index (χ4n) is 2.56. The minimum Gasteiger partial charge on any atom is -0.480 e. The molecule has 3 N–H and O–H groups in total. The van der Waals surface area contributed by atoms with Crippen LogP contribution in [0.25, 0.3) is 10.9 Å². The third-order valence-corrected chi connectivity index (χ3v) is 4.53. The van der Waals surface area contributed by atoms with Gasteiger partial charge in [0, 0.05) is 32.7 Å². The van der Waals surface area contributed by atoms with Crippen LogP contribution < -0.4 is 5.32 Å². The van der Waals surface area contributed by atoms with Crippen LogP contribution in [0.4, 0.5) is 0 Å². The van der Waals surface area contributed by atoms with Crippen molar-refractivity contribution in [2.24, 2.45) is 0 Å². The van der Waals surface area contributed by atoms with Crippen molar-refractivity contribution in [1.29, 1.82) is 0 Å². The van der Waals surface area contributed by atoms with E-state index in [1.165, 1.54) is 0 Å². The molecule has 2 aromatic carbocycles. The maximum atomic E-state index is 12.3. The van der Waals surface area contributed by atoms with Gasteiger partial charge in [-0.2, -0.15) is 0 Å². The Morgan fingerprint density at radius 1 is 1.12 bits per heavy atom. The van der Waals surface area contributed by atoms with Crippen LogP contribution in [0.3, 0.4) is 0 Å². The smallest absolute Gasteiger partial charge is 0.326 e. The van der Waals surface area contributed by atoms with E-state index in [1.54, 1.807) is 18.3 Å². The Kier molecular flexibility index (Phi) is 4.84. The summed E-state index contributed by atoms with van der Waals surface area (Å²) in [5.74, 6) is -1.45. The summed E-state index contributed by atoms with van der Waals surface area (Å²) in [6.07, 6.45) is 2.01. The molecule has 1 amide bonds. The average molecular weight is 434 g/mol. The SMILES string of the molecule is O=C(N[C@@H](Cc1c[nH]c2ccccc12)C(=O)O)c1ccc(I)cc1. The largest absolute Gasteiger partial charge is 0.480 e. The molecule has 0 radical (unpaired) electrons. The van der Waals surface area contributed by atoms with Gasteiger partial charge in [0.2, 0.25) is 0 Å². The molecule has 0 aliphatic carbocycles. The molecule has 122 valence electrons. The lowest BCUT2D eigenvalue weighted by atomic mass is 10.0. The molecule has 0 saturated heterocycles. The zero-order valence-electron chi connectivity index (χ0n) is 12.6. The number of H-pyrrole nitrogens is 1. The number of aromatic amines is 1. The summed E-state index contributed by atoms with van der Waals surface area (Å²) in [6, 6.07) is 13.7. The molecule has 1 heterocycles. The van der Waals surface area contributed by atoms with Crippen LogP contribution in [0.1, 0.15) is 15.9 Å². The van der Waals surface area contributed by atoms with E-state index in [0.29, 0.717) is 5.56 Å². The van der Waals surface area contributed by atoms with Gasteiger partial charge in [-0.3, -0.25) is 4.79 Å². The predicted molar refractivity (Wildman–Crippen MR) is 100 cm³/mol. The summed E-state index contributed by atoms with van der Waals surface area (Å²) < 4.78 is 1.01. The number of amides is 1. The first-order chi connectivity index (χ1) is 11.5. The van der Waals surface area contributed by atoms with Crippen molar-refractivity contribution in [3.63, 3.8) is 0 Å². The summed E-state index contributed by atoms with van der Waals surface area (Å²) in [4.78, 5) is 27.0. The number of benzene rings is 2. The van der Waals surface area contributed by atoms with E-state index in [2.05, 4.69) is 32.9 Å². The van der Waals surface area contributed by atoms with Crippen LogP contribution in [-0.4, -0.2) is 28.0 Å². The van der Waals surface area contributed by atoms with Gasteiger partial charge in [0.1, 0.15) is 6.04 Å². The number of rotatable bonds is 5.